The Morgan fingerprint density at radius 2 is 2.00 bits per heavy atom. The summed E-state index contributed by atoms with van der Waals surface area (Å²) in [5, 5.41) is 7.57. The van der Waals surface area contributed by atoms with E-state index in [4.69, 9.17) is 0 Å². The van der Waals surface area contributed by atoms with E-state index in [1.165, 1.54) is 6.33 Å². The van der Waals surface area contributed by atoms with E-state index in [1.807, 2.05) is 29.2 Å². The lowest BCUT2D eigenvalue weighted by molar-refractivity contribution is 0.0672. The van der Waals surface area contributed by atoms with E-state index in [9.17, 15) is 4.79 Å². The fourth-order valence-corrected chi connectivity index (χ4v) is 3.02. The van der Waals surface area contributed by atoms with Crippen LogP contribution in [0.3, 0.4) is 0 Å². The molecule has 2 aromatic rings. The third kappa shape index (κ3) is 3.17. The van der Waals surface area contributed by atoms with Gasteiger partial charge in [-0.25, -0.2) is 9.67 Å². The molecule has 116 valence electrons. The van der Waals surface area contributed by atoms with Gasteiger partial charge in [0.25, 0.3) is 5.91 Å². The quantitative estimate of drug-likeness (QED) is 0.923. The summed E-state index contributed by atoms with van der Waals surface area (Å²) in [7, 11) is 0. The van der Waals surface area contributed by atoms with Gasteiger partial charge in [-0.2, -0.15) is 5.10 Å². The van der Waals surface area contributed by atoms with Crippen molar-refractivity contribution < 1.29 is 4.79 Å². The first-order valence-corrected chi connectivity index (χ1v) is 7.59. The van der Waals surface area contributed by atoms with Crippen LogP contribution in [-0.4, -0.2) is 50.7 Å². The lowest BCUT2D eigenvalue weighted by atomic mass is 10.0. The van der Waals surface area contributed by atoms with Crippen molar-refractivity contribution in [1.82, 2.24) is 25.0 Å². The van der Waals surface area contributed by atoms with Crippen LogP contribution in [0.1, 0.15) is 29.8 Å². The van der Waals surface area contributed by atoms with Crippen molar-refractivity contribution in [3.63, 3.8) is 0 Å². The SMILES string of the molecule is C[C@@H]1CN(C(=O)c2ccccc2Cn2cncn2)C[C@@H](C)N1. The molecule has 1 fully saturated rings. The standard InChI is InChI=1S/C16H21N5O/c1-12-7-20(8-13(2)19-12)16(22)15-6-4-3-5-14(15)9-21-11-17-10-18-21/h3-6,10-13,19H,7-9H2,1-2H3/t12-,13-/m1/s1. The van der Waals surface area contributed by atoms with Crippen molar-refractivity contribution in [3.05, 3.63) is 48.0 Å². The lowest BCUT2D eigenvalue weighted by Crippen LogP contribution is -2.55. The molecule has 0 radical (unpaired) electrons. The molecule has 0 saturated carbocycles. The topological polar surface area (TPSA) is 63.1 Å². The summed E-state index contributed by atoms with van der Waals surface area (Å²) in [6.45, 7) is 6.25. The minimum atomic E-state index is 0.0934. The van der Waals surface area contributed by atoms with Gasteiger partial charge in [-0.1, -0.05) is 18.2 Å². The van der Waals surface area contributed by atoms with Gasteiger partial charge in [0, 0.05) is 30.7 Å². The van der Waals surface area contributed by atoms with Crippen molar-refractivity contribution in [3.8, 4) is 0 Å². The zero-order valence-electron chi connectivity index (χ0n) is 12.9. The number of aromatic nitrogens is 3. The molecule has 1 N–H and O–H groups in total. The van der Waals surface area contributed by atoms with E-state index >= 15 is 0 Å². The number of amides is 1. The third-order valence-corrected chi connectivity index (χ3v) is 3.89. The van der Waals surface area contributed by atoms with Gasteiger partial charge in [-0.3, -0.25) is 4.79 Å². The maximum absolute atomic E-state index is 12.9. The molecule has 1 saturated heterocycles. The van der Waals surface area contributed by atoms with E-state index in [2.05, 4.69) is 29.2 Å². The van der Waals surface area contributed by atoms with Crippen LogP contribution in [-0.2, 0) is 6.54 Å². The minimum Gasteiger partial charge on any atom is -0.336 e. The van der Waals surface area contributed by atoms with Crippen LogP contribution in [0.25, 0.3) is 0 Å². The number of nitrogens with zero attached hydrogens (tertiary/aromatic N) is 4. The number of rotatable bonds is 3. The van der Waals surface area contributed by atoms with E-state index in [0.29, 0.717) is 18.6 Å². The molecule has 2 atom stereocenters. The van der Waals surface area contributed by atoms with Gasteiger partial charge in [0.2, 0.25) is 0 Å². The number of carbonyl (C=O) groups is 1. The molecular weight excluding hydrogens is 278 g/mol. The molecule has 1 aromatic carbocycles. The monoisotopic (exact) mass is 299 g/mol. The third-order valence-electron chi connectivity index (χ3n) is 3.89. The van der Waals surface area contributed by atoms with E-state index < -0.39 is 0 Å². The van der Waals surface area contributed by atoms with Crippen LogP contribution >= 0.6 is 0 Å². The Morgan fingerprint density at radius 3 is 2.68 bits per heavy atom. The second-order valence-corrected chi connectivity index (χ2v) is 5.93. The molecule has 1 amide bonds. The summed E-state index contributed by atoms with van der Waals surface area (Å²) in [6.07, 6.45) is 3.17. The fourth-order valence-electron chi connectivity index (χ4n) is 3.02. The van der Waals surface area contributed by atoms with Crippen molar-refractivity contribution >= 4 is 5.91 Å². The molecular formula is C16H21N5O. The normalized spacial score (nSPS) is 21.8. The van der Waals surface area contributed by atoms with Crippen LogP contribution in [0.2, 0.25) is 0 Å². The second-order valence-electron chi connectivity index (χ2n) is 5.93. The van der Waals surface area contributed by atoms with Gasteiger partial charge in [0.05, 0.1) is 6.54 Å². The van der Waals surface area contributed by atoms with Gasteiger partial charge >= 0.3 is 0 Å². The van der Waals surface area contributed by atoms with Crippen molar-refractivity contribution in [2.75, 3.05) is 13.1 Å². The number of carbonyl (C=O) groups excluding carboxylic acids is 1. The van der Waals surface area contributed by atoms with Gasteiger partial charge in [0.15, 0.2) is 0 Å². The van der Waals surface area contributed by atoms with Crippen molar-refractivity contribution in [2.24, 2.45) is 0 Å². The molecule has 0 aliphatic carbocycles. The van der Waals surface area contributed by atoms with Crippen molar-refractivity contribution in [1.29, 1.82) is 0 Å². The Bertz CT molecular complexity index is 630. The highest BCUT2D eigenvalue weighted by atomic mass is 16.2. The van der Waals surface area contributed by atoms with E-state index in [1.54, 1.807) is 11.0 Å². The highest BCUT2D eigenvalue weighted by Gasteiger charge is 2.26. The van der Waals surface area contributed by atoms with Gasteiger partial charge in [-0.05, 0) is 25.5 Å². The van der Waals surface area contributed by atoms with Gasteiger partial charge in [0.1, 0.15) is 12.7 Å². The largest absolute Gasteiger partial charge is 0.336 e. The highest BCUT2D eigenvalue weighted by molar-refractivity contribution is 5.95. The molecule has 1 aromatic heterocycles. The summed E-state index contributed by atoms with van der Waals surface area (Å²) < 4.78 is 1.73. The average molecular weight is 299 g/mol. The Morgan fingerprint density at radius 1 is 1.27 bits per heavy atom. The smallest absolute Gasteiger partial charge is 0.254 e. The van der Waals surface area contributed by atoms with Gasteiger partial charge in [-0.15, -0.1) is 0 Å². The summed E-state index contributed by atoms with van der Waals surface area (Å²) in [6, 6.07) is 8.36. The average Bonchev–Trinajstić information content (AvgIpc) is 2.99. The molecule has 22 heavy (non-hydrogen) atoms. The summed E-state index contributed by atoms with van der Waals surface area (Å²) in [5.74, 6) is 0.0934. The molecule has 2 heterocycles. The van der Waals surface area contributed by atoms with Gasteiger partial charge < -0.3 is 10.2 Å². The first-order chi connectivity index (χ1) is 10.6. The molecule has 1 aliphatic rings. The summed E-state index contributed by atoms with van der Waals surface area (Å²) >= 11 is 0. The molecule has 0 bridgehead atoms. The highest BCUT2D eigenvalue weighted by Crippen LogP contribution is 2.15. The lowest BCUT2D eigenvalue weighted by Gasteiger charge is -2.36. The Balaban J connectivity index is 1.83. The summed E-state index contributed by atoms with van der Waals surface area (Å²) in [4.78, 5) is 18.8. The number of piperazine rings is 1. The number of hydrogen-bond donors (Lipinski definition) is 1. The first-order valence-electron chi connectivity index (χ1n) is 7.59. The number of benzene rings is 1. The predicted molar refractivity (Wildman–Crippen MR) is 83.5 cm³/mol. The maximum atomic E-state index is 12.9. The Kier molecular flexibility index (Phi) is 4.20. The van der Waals surface area contributed by atoms with Crippen LogP contribution in [0.5, 0.6) is 0 Å². The van der Waals surface area contributed by atoms with E-state index in [0.717, 1.165) is 24.2 Å². The molecule has 3 rings (SSSR count). The molecule has 6 heteroatoms. The second kappa shape index (κ2) is 6.27. The van der Waals surface area contributed by atoms with Crippen LogP contribution in [0.15, 0.2) is 36.9 Å². The molecule has 0 unspecified atom stereocenters. The zero-order chi connectivity index (χ0) is 15.5. The molecule has 0 spiro atoms. The maximum Gasteiger partial charge on any atom is 0.254 e. The van der Waals surface area contributed by atoms with E-state index in [-0.39, 0.29) is 5.91 Å². The van der Waals surface area contributed by atoms with Crippen LogP contribution < -0.4 is 5.32 Å². The Hall–Kier alpha value is -2.21. The zero-order valence-corrected chi connectivity index (χ0v) is 12.9. The number of hydrogen-bond acceptors (Lipinski definition) is 4. The first kappa shape index (κ1) is 14.7. The number of nitrogens with one attached hydrogen (secondary N) is 1. The molecule has 1 aliphatic heterocycles. The summed E-state index contributed by atoms with van der Waals surface area (Å²) in [5.41, 5.74) is 1.72. The predicted octanol–water partition coefficient (Wildman–Crippen LogP) is 1.15. The van der Waals surface area contributed by atoms with Crippen LogP contribution in [0.4, 0.5) is 0 Å². The Labute approximate surface area is 130 Å². The van der Waals surface area contributed by atoms with Crippen molar-refractivity contribution in [2.45, 2.75) is 32.5 Å². The van der Waals surface area contributed by atoms with Crippen LogP contribution in [0, 0.1) is 0 Å². The molecule has 6 nitrogen and oxygen atoms in total. The fraction of sp³-hybridized carbons (Fsp3) is 0.438. The minimum absolute atomic E-state index is 0.0934.